The first-order valence-corrected chi connectivity index (χ1v) is 6.05. The molecular formula is C12H25NO. The number of aliphatic hydroxyl groups is 1. The molecule has 14 heavy (non-hydrogen) atoms. The van der Waals surface area contributed by atoms with Crippen molar-refractivity contribution in [3.8, 4) is 0 Å². The minimum Gasteiger partial charge on any atom is -0.396 e. The van der Waals surface area contributed by atoms with Gasteiger partial charge in [0.05, 0.1) is 0 Å². The molecule has 0 atom stereocenters. The molecule has 0 amide bonds. The summed E-state index contributed by atoms with van der Waals surface area (Å²) in [6.45, 7) is 3.86. The fraction of sp³-hybridized carbons (Fsp3) is 1.00. The molecule has 0 aliphatic heterocycles. The number of nitrogens with zero attached hydrogens (tertiary/aromatic N) is 1. The first-order valence-electron chi connectivity index (χ1n) is 6.05. The third-order valence-corrected chi connectivity index (χ3v) is 3.53. The topological polar surface area (TPSA) is 23.5 Å². The zero-order valence-electron chi connectivity index (χ0n) is 9.71. The molecule has 2 nitrogen and oxygen atoms in total. The molecule has 0 aromatic carbocycles. The van der Waals surface area contributed by atoms with E-state index in [2.05, 4.69) is 18.9 Å². The summed E-state index contributed by atoms with van der Waals surface area (Å²) in [6.07, 6.45) is 7.63. The van der Waals surface area contributed by atoms with Crippen LogP contribution in [0.3, 0.4) is 0 Å². The Hall–Kier alpha value is -0.0800. The molecule has 1 rings (SSSR count). The van der Waals surface area contributed by atoms with E-state index in [1.807, 2.05) is 0 Å². The highest BCUT2D eigenvalue weighted by atomic mass is 16.2. The van der Waals surface area contributed by atoms with Gasteiger partial charge < -0.3 is 10.0 Å². The molecule has 0 unspecified atom stereocenters. The van der Waals surface area contributed by atoms with Gasteiger partial charge in [-0.05, 0) is 58.0 Å². The molecule has 0 radical (unpaired) electrons. The highest BCUT2D eigenvalue weighted by Gasteiger charge is 2.20. The fourth-order valence-electron chi connectivity index (χ4n) is 2.34. The second-order valence-electron chi connectivity index (χ2n) is 4.83. The average molecular weight is 199 g/mol. The van der Waals surface area contributed by atoms with E-state index in [0.717, 1.165) is 31.3 Å². The van der Waals surface area contributed by atoms with Gasteiger partial charge in [-0.15, -0.1) is 0 Å². The smallest absolute Gasteiger partial charge is 0.0431 e. The average Bonchev–Trinajstić information content (AvgIpc) is 2.19. The van der Waals surface area contributed by atoms with Gasteiger partial charge in [0.2, 0.25) is 0 Å². The lowest BCUT2D eigenvalue weighted by Gasteiger charge is -2.33. The Labute approximate surface area is 88.3 Å². The van der Waals surface area contributed by atoms with Crippen LogP contribution in [0.15, 0.2) is 0 Å². The lowest BCUT2D eigenvalue weighted by Crippen LogP contribution is -2.35. The van der Waals surface area contributed by atoms with E-state index in [-0.39, 0.29) is 0 Å². The Morgan fingerprint density at radius 1 is 1.14 bits per heavy atom. The summed E-state index contributed by atoms with van der Waals surface area (Å²) in [5.74, 6) is 0.942. The van der Waals surface area contributed by atoms with Crippen molar-refractivity contribution < 1.29 is 5.11 Å². The molecule has 0 spiro atoms. The monoisotopic (exact) mass is 199 g/mol. The maximum atomic E-state index is 8.71. The van der Waals surface area contributed by atoms with Crippen LogP contribution in [-0.2, 0) is 0 Å². The van der Waals surface area contributed by atoms with E-state index >= 15 is 0 Å². The van der Waals surface area contributed by atoms with Crippen molar-refractivity contribution in [1.29, 1.82) is 0 Å². The van der Waals surface area contributed by atoms with Crippen molar-refractivity contribution in [3.05, 3.63) is 0 Å². The van der Waals surface area contributed by atoms with Gasteiger partial charge in [0.25, 0.3) is 0 Å². The van der Waals surface area contributed by atoms with Crippen LogP contribution in [0, 0.1) is 5.92 Å². The molecular weight excluding hydrogens is 174 g/mol. The summed E-state index contributed by atoms with van der Waals surface area (Å²) in [5.41, 5.74) is 0. The van der Waals surface area contributed by atoms with Gasteiger partial charge in [0.1, 0.15) is 0 Å². The first kappa shape index (κ1) is 12.0. The lowest BCUT2D eigenvalue weighted by molar-refractivity contribution is 0.164. The second kappa shape index (κ2) is 6.41. The number of unbranched alkanes of at least 4 members (excludes halogenated alkanes) is 1. The molecule has 84 valence electrons. The maximum Gasteiger partial charge on any atom is 0.0431 e. The van der Waals surface area contributed by atoms with Crippen LogP contribution < -0.4 is 0 Å². The summed E-state index contributed by atoms with van der Waals surface area (Å²) in [6, 6.07) is 0.810. The van der Waals surface area contributed by atoms with Crippen molar-refractivity contribution in [1.82, 2.24) is 4.90 Å². The summed E-state index contributed by atoms with van der Waals surface area (Å²) < 4.78 is 0. The van der Waals surface area contributed by atoms with E-state index < -0.39 is 0 Å². The predicted molar refractivity (Wildman–Crippen MR) is 60.4 cm³/mol. The number of aliphatic hydroxyl groups excluding tert-OH is 1. The van der Waals surface area contributed by atoms with E-state index in [9.17, 15) is 0 Å². The van der Waals surface area contributed by atoms with Crippen molar-refractivity contribution in [2.75, 3.05) is 20.2 Å². The van der Waals surface area contributed by atoms with Gasteiger partial charge in [0.15, 0.2) is 0 Å². The molecule has 0 aromatic rings. The molecule has 2 heteroatoms. The number of hydrogen-bond acceptors (Lipinski definition) is 2. The van der Waals surface area contributed by atoms with Crippen molar-refractivity contribution in [3.63, 3.8) is 0 Å². The SMILES string of the molecule is CC1CCC(N(C)CCCCO)CC1. The fourth-order valence-corrected chi connectivity index (χ4v) is 2.34. The van der Waals surface area contributed by atoms with Crippen LogP contribution in [0.25, 0.3) is 0 Å². The molecule has 1 aliphatic rings. The number of rotatable bonds is 5. The second-order valence-corrected chi connectivity index (χ2v) is 4.83. The van der Waals surface area contributed by atoms with E-state index in [4.69, 9.17) is 5.11 Å². The Morgan fingerprint density at radius 3 is 2.36 bits per heavy atom. The van der Waals surface area contributed by atoms with Crippen molar-refractivity contribution in [2.24, 2.45) is 5.92 Å². The van der Waals surface area contributed by atoms with E-state index in [1.165, 1.54) is 25.7 Å². The molecule has 0 saturated heterocycles. The molecule has 1 aliphatic carbocycles. The first-order chi connectivity index (χ1) is 6.74. The summed E-state index contributed by atoms with van der Waals surface area (Å²) in [5, 5.41) is 8.71. The minimum absolute atomic E-state index is 0.343. The lowest BCUT2D eigenvalue weighted by atomic mass is 9.87. The van der Waals surface area contributed by atoms with Crippen molar-refractivity contribution >= 4 is 0 Å². The third-order valence-electron chi connectivity index (χ3n) is 3.53. The van der Waals surface area contributed by atoms with Gasteiger partial charge in [-0.2, -0.15) is 0 Å². The molecule has 1 saturated carbocycles. The maximum absolute atomic E-state index is 8.71. The van der Waals surface area contributed by atoms with E-state index in [0.29, 0.717) is 6.61 Å². The summed E-state index contributed by atoms with van der Waals surface area (Å²) >= 11 is 0. The molecule has 0 aromatic heterocycles. The Kier molecular flexibility index (Phi) is 5.49. The van der Waals surface area contributed by atoms with Gasteiger partial charge in [-0.3, -0.25) is 0 Å². The van der Waals surface area contributed by atoms with Gasteiger partial charge in [-0.1, -0.05) is 6.92 Å². The van der Waals surface area contributed by atoms with Gasteiger partial charge in [0, 0.05) is 12.6 Å². The van der Waals surface area contributed by atoms with Crippen LogP contribution in [0.5, 0.6) is 0 Å². The van der Waals surface area contributed by atoms with Crippen LogP contribution >= 0.6 is 0 Å². The highest BCUT2D eigenvalue weighted by molar-refractivity contribution is 4.76. The Morgan fingerprint density at radius 2 is 1.79 bits per heavy atom. The normalized spacial score (nSPS) is 28.3. The highest BCUT2D eigenvalue weighted by Crippen LogP contribution is 2.26. The zero-order valence-corrected chi connectivity index (χ0v) is 9.71. The zero-order chi connectivity index (χ0) is 10.4. The summed E-state index contributed by atoms with van der Waals surface area (Å²) in [4.78, 5) is 2.49. The van der Waals surface area contributed by atoms with Gasteiger partial charge >= 0.3 is 0 Å². The molecule has 0 bridgehead atoms. The van der Waals surface area contributed by atoms with E-state index in [1.54, 1.807) is 0 Å². The van der Waals surface area contributed by atoms with Crippen LogP contribution in [0.1, 0.15) is 45.4 Å². The standard InChI is InChI=1S/C12H25NO/c1-11-5-7-12(8-6-11)13(2)9-3-4-10-14/h11-12,14H,3-10H2,1-2H3. The van der Waals surface area contributed by atoms with Crippen LogP contribution in [0.4, 0.5) is 0 Å². The Bertz CT molecular complexity index is 141. The van der Waals surface area contributed by atoms with Gasteiger partial charge in [-0.25, -0.2) is 0 Å². The van der Waals surface area contributed by atoms with Crippen LogP contribution in [-0.4, -0.2) is 36.2 Å². The minimum atomic E-state index is 0.343. The molecule has 0 heterocycles. The van der Waals surface area contributed by atoms with Crippen molar-refractivity contribution in [2.45, 2.75) is 51.5 Å². The quantitative estimate of drug-likeness (QED) is 0.687. The largest absolute Gasteiger partial charge is 0.396 e. The molecule has 1 fully saturated rings. The van der Waals surface area contributed by atoms with Crippen LogP contribution in [0.2, 0.25) is 0 Å². The predicted octanol–water partition coefficient (Wildman–Crippen LogP) is 2.27. The summed E-state index contributed by atoms with van der Waals surface area (Å²) in [7, 11) is 2.23. The molecule has 1 N–H and O–H groups in total. The Balaban J connectivity index is 2.13. The number of hydrogen-bond donors (Lipinski definition) is 1. The third kappa shape index (κ3) is 3.97.